The fourth-order valence-corrected chi connectivity index (χ4v) is 8.24. The van der Waals surface area contributed by atoms with Gasteiger partial charge >= 0.3 is 0 Å². The van der Waals surface area contributed by atoms with E-state index in [4.69, 9.17) is 4.74 Å². The number of epoxide rings is 1. The Morgan fingerprint density at radius 1 is 1.05 bits per heavy atom. The van der Waals surface area contributed by atoms with Crippen molar-refractivity contribution in [2.75, 3.05) is 6.61 Å². The Hall–Kier alpha value is -0.0800. The molecule has 0 aromatic rings. The number of ether oxygens (including phenoxy) is 1. The van der Waals surface area contributed by atoms with E-state index in [2.05, 4.69) is 20.8 Å². The first kappa shape index (κ1) is 14.3. The van der Waals surface area contributed by atoms with Gasteiger partial charge in [-0.3, -0.25) is 0 Å². The van der Waals surface area contributed by atoms with Crippen LogP contribution in [0.15, 0.2) is 0 Å². The van der Waals surface area contributed by atoms with E-state index in [-0.39, 0.29) is 17.1 Å². The van der Waals surface area contributed by atoms with Crippen molar-refractivity contribution >= 4 is 0 Å². The Morgan fingerprint density at radius 2 is 1.82 bits per heavy atom. The molecule has 2 spiro atoms. The summed E-state index contributed by atoms with van der Waals surface area (Å²) >= 11 is 0. The molecule has 0 unspecified atom stereocenters. The molecule has 0 aromatic heterocycles. The van der Waals surface area contributed by atoms with E-state index in [1.165, 1.54) is 44.9 Å². The first-order chi connectivity index (χ1) is 10.3. The van der Waals surface area contributed by atoms with Crippen LogP contribution in [0.5, 0.6) is 0 Å². The predicted molar refractivity (Wildman–Crippen MR) is 86.4 cm³/mol. The molecule has 5 fully saturated rings. The van der Waals surface area contributed by atoms with Crippen molar-refractivity contribution < 1.29 is 9.84 Å². The van der Waals surface area contributed by atoms with E-state index in [1.807, 2.05) is 0 Å². The molecule has 0 aromatic carbocycles. The average Bonchev–Trinajstić information content (AvgIpc) is 3.17. The molecule has 22 heavy (non-hydrogen) atoms. The van der Waals surface area contributed by atoms with Gasteiger partial charge in [0.1, 0.15) is 0 Å². The number of aliphatic hydroxyl groups excluding tert-OH is 1. The predicted octanol–water partition coefficient (Wildman–Crippen LogP) is 4.16. The van der Waals surface area contributed by atoms with Crippen LogP contribution in [0.2, 0.25) is 0 Å². The standard InChI is InChI=1S/C20H32O2/c1-17(2)7-4-8-18(3)14-6-5-13-10-19(14,11-20(13)12-22-20)16(21)9-15(17)18/h13-16,21H,4-12H2,1-3H3/t13-,14+,15-,16+,18+,19-,20+/m1/s1. The Morgan fingerprint density at radius 3 is 2.55 bits per heavy atom. The largest absolute Gasteiger partial charge is 0.393 e. The zero-order valence-electron chi connectivity index (χ0n) is 14.5. The minimum Gasteiger partial charge on any atom is -0.393 e. The lowest BCUT2D eigenvalue weighted by Crippen LogP contribution is -2.61. The van der Waals surface area contributed by atoms with Crippen LogP contribution < -0.4 is 0 Å². The molecule has 5 aliphatic rings. The van der Waals surface area contributed by atoms with Crippen LogP contribution in [-0.4, -0.2) is 23.4 Å². The lowest BCUT2D eigenvalue weighted by Gasteiger charge is -2.65. The normalized spacial score (nSPS) is 61.6. The van der Waals surface area contributed by atoms with E-state index < -0.39 is 0 Å². The highest BCUT2D eigenvalue weighted by Gasteiger charge is 2.73. The van der Waals surface area contributed by atoms with Crippen LogP contribution in [0.3, 0.4) is 0 Å². The number of rotatable bonds is 0. The Bertz CT molecular complexity index is 508. The van der Waals surface area contributed by atoms with Crippen molar-refractivity contribution in [3.63, 3.8) is 0 Å². The van der Waals surface area contributed by atoms with Gasteiger partial charge in [0.2, 0.25) is 0 Å². The maximum Gasteiger partial charge on any atom is 0.0951 e. The first-order valence-electron chi connectivity index (χ1n) is 9.65. The number of hydrogen-bond donors (Lipinski definition) is 1. The summed E-state index contributed by atoms with van der Waals surface area (Å²) in [6.45, 7) is 8.50. The third-order valence-electron chi connectivity index (χ3n) is 9.21. The van der Waals surface area contributed by atoms with Crippen LogP contribution in [-0.2, 0) is 4.74 Å². The van der Waals surface area contributed by atoms with Crippen molar-refractivity contribution in [2.45, 2.75) is 83.8 Å². The molecule has 4 saturated carbocycles. The van der Waals surface area contributed by atoms with Crippen molar-refractivity contribution in [1.29, 1.82) is 0 Å². The summed E-state index contributed by atoms with van der Waals surface area (Å²) in [4.78, 5) is 0. The summed E-state index contributed by atoms with van der Waals surface area (Å²) in [7, 11) is 0. The molecule has 2 nitrogen and oxygen atoms in total. The summed E-state index contributed by atoms with van der Waals surface area (Å²) in [6.07, 6.45) is 10.2. The molecule has 2 bridgehead atoms. The van der Waals surface area contributed by atoms with Crippen molar-refractivity contribution in [2.24, 2.45) is 34.0 Å². The topological polar surface area (TPSA) is 32.8 Å². The van der Waals surface area contributed by atoms with Gasteiger partial charge in [0.15, 0.2) is 0 Å². The van der Waals surface area contributed by atoms with Crippen LogP contribution in [0.25, 0.3) is 0 Å². The molecule has 0 amide bonds. The van der Waals surface area contributed by atoms with Crippen LogP contribution >= 0.6 is 0 Å². The maximum absolute atomic E-state index is 11.3. The summed E-state index contributed by atoms with van der Waals surface area (Å²) < 4.78 is 5.96. The molecule has 0 radical (unpaired) electrons. The highest BCUT2D eigenvalue weighted by atomic mass is 16.6. The number of aliphatic hydroxyl groups is 1. The summed E-state index contributed by atoms with van der Waals surface area (Å²) in [5.41, 5.74) is 1.24. The average molecular weight is 304 g/mol. The van der Waals surface area contributed by atoms with E-state index in [0.717, 1.165) is 24.9 Å². The number of hydrogen-bond acceptors (Lipinski definition) is 2. The molecule has 124 valence electrons. The molecular formula is C20H32O2. The summed E-state index contributed by atoms with van der Waals surface area (Å²) in [6, 6.07) is 0. The molecule has 1 heterocycles. The fraction of sp³-hybridized carbons (Fsp3) is 1.00. The minimum absolute atomic E-state index is 0.0840. The highest BCUT2D eigenvalue weighted by Crippen LogP contribution is 2.74. The molecule has 1 saturated heterocycles. The summed E-state index contributed by atoms with van der Waals surface area (Å²) in [5.74, 6) is 2.18. The number of fused-ring (bicyclic) bond motifs is 4. The second-order valence-corrected chi connectivity index (χ2v) is 10.4. The van der Waals surface area contributed by atoms with Gasteiger partial charge in [0, 0.05) is 5.41 Å². The summed E-state index contributed by atoms with van der Waals surface area (Å²) in [5, 5.41) is 11.3. The van der Waals surface area contributed by atoms with E-state index in [0.29, 0.717) is 16.7 Å². The molecule has 7 atom stereocenters. The third-order valence-corrected chi connectivity index (χ3v) is 9.21. The molecular weight excluding hydrogens is 272 g/mol. The fourth-order valence-electron chi connectivity index (χ4n) is 8.24. The van der Waals surface area contributed by atoms with Crippen LogP contribution in [0, 0.1) is 34.0 Å². The van der Waals surface area contributed by atoms with E-state index >= 15 is 0 Å². The SMILES string of the molecule is CC1(C)CCC[C@]2(C)[C@@H]1C[C@H](O)[C@@]13C[C@@H](CC[C@@H]21)[C@@]1(CO1)C3. The lowest BCUT2D eigenvalue weighted by molar-refractivity contribution is -0.197. The molecule has 1 N–H and O–H groups in total. The maximum atomic E-state index is 11.3. The van der Waals surface area contributed by atoms with Crippen molar-refractivity contribution in [1.82, 2.24) is 0 Å². The Balaban J connectivity index is 1.59. The Kier molecular flexibility index (Phi) is 2.56. The zero-order valence-corrected chi connectivity index (χ0v) is 14.5. The highest BCUT2D eigenvalue weighted by molar-refractivity contribution is 5.22. The van der Waals surface area contributed by atoms with Crippen molar-refractivity contribution in [3.05, 3.63) is 0 Å². The van der Waals surface area contributed by atoms with E-state index in [1.54, 1.807) is 0 Å². The second-order valence-electron chi connectivity index (χ2n) is 10.4. The van der Waals surface area contributed by atoms with E-state index in [9.17, 15) is 5.11 Å². The molecule has 4 aliphatic carbocycles. The first-order valence-corrected chi connectivity index (χ1v) is 9.65. The van der Waals surface area contributed by atoms with Gasteiger partial charge in [-0.1, -0.05) is 27.2 Å². The zero-order chi connectivity index (χ0) is 15.4. The van der Waals surface area contributed by atoms with Crippen LogP contribution in [0.1, 0.15) is 72.1 Å². The second kappa shape index (κ2) is 3.94. The van der Waals surface area contributed by atoms with Crippen LogP contribution in [0.4, 0.5) is 0 Å². The lowest BCUT2D eigenvalue weighted by atomic mass is 9.40. The Labute approximate surface area is 135 Å². The van der Waals surface area contributed by atoms with Crippen molar-refractivity contribution in [3.8, 4) is 0 Å². The van der Waals surface area contributed by atoms with Gasteiger partial charge in [0.25, 0.3) is 0 Å². The van der Waals surface area contributed by atoms with Gasteiger partial charge in [0.05, 0.1) is 18.3 Å². The molecule has 1 aliphatic heterocycles. The van der Waals surface area contributed by atoms with Gasteiger partial charge in [-0.25, -0.2) is 0 Å². The van der Waals surface area contributed by atoms with Gasteiger partial charge in [-0.05, 0) is 73.5 Å². The van der Waals surface area contributed by atoms with Gasteiger partial charge in [-0.2, -0.15) is 0 Å². The quantitative estimate of drug-likeness (QED) is 0.682. The molecule has 5 rings (SSSR count). The van der Waals surface area contributed by atoms with Gasteiger partial charge < -0.3 is 9.84 Å². The minimum atomic E-state index is -0.0840. The third kappa shape index (κ3) is 1.50. The van der Waals surface area contributed by atoms with Gasteiger partial charge in [-0.15, -0.1) is 0 Å². The molecule has 2 heteroatoms. The monoisotopic (exact) mass is 304 g/mol. The smallest absolute Gasteiger partial charge is 0.0951 e.